The van der Waals surface area contributed by atoms with Gasteiger partial charge in [0.1, 0.15) is 24.2 Å². The Balaban J connectivity index is 1.68. The van der Waals surface area contributed by atoms with E-state index in [0.717, 1.165) is 18.1 Å². The molecule has 1 saturated heterocycles. The molecule has 1 aliphatic rings. The smallest absolute Gasteiger partial charge is 0.196 e. The van der Waals surface area contributed by atoms with Crippen molar-refractivity contribution >= 4 is 0 Å². The fourth-order valence-corrected chi connectivity index (χ4v) is 2.68. The Bertz CT molecular complexity index is 672. The van der Waals surface area contributed by atoms with Crippen LogP contribution < -0.4 is 9.47 Å². The van der Waals surface area contributed by atoms with Gasteiger partial charge in [-0.1, -0.05) is 38.1 Å². The lowest BCUT2D eigenvalue weighted by molar-refractivity contribution is -0.0382. The molecule has 4 nitrogen and oxygen atoms in total. The molecule has 0 aliphatic carbocycles. The lowest BCUT2D eigenvalue weighted by Crippen LogP contribution is -2.19. The molecule has 25 heavy (non-hydrogen) atoms. The number of rotatable bonds is 8. The van der Waals surface area contributed by atoms with Crippen LogP contribution in [0.1, 0.15) is 31.9 Å². The first-order chi connectivity index (χ1) is 12.0. The molecule has 4 heteroatoms. The molecule has 0 spiro atoms. The van der Waals surface area contributed by atoms with Crippen molar-refractivity contribution in [2.75, 3.05) is 20.3 Å². The van der Waals surface area contributed by atoms with Crippen molar-refractivity contribution in [3.05, 3.63) is 59.7 Å². The minimum Gasteiger partial charge on any atom is -0.491 e. The van der Waals surface area contributed by atoms with E-state index >= 15 is 0 Å². The molecule has 2 unspecified atom stereocenters. The molecule has 0 bridgehead atoms. The maximum Gasteiger partial charge on any atom is 0.196 e. The number of benzene rings is 2. The van der Waals surface area contributed by atoms with Crippen LogP contribution in [0.25, 0.3) is 0 Å². The maximum absolute atomic E-state index is 5.71. The largest absolute Gasteiger partial charge is 0.491 e. The van der Waals surface area contributed by atoms with Gasteiger partial charge in [-0.15, -0.1) is 0 Å². The zero-order chi connectivity index (χ0) is 17.9. The maximum atomic E-state index is 5.71. The van der Waals surface area contributed by atoms with Gasteiger partial charge in [0.2, 0.25) is 0 Å². The van der Waals surface area contributed by atoms with Crippen LogP contribution in [0.3, 0.4) is 0 Å². The number of methoxy groups -OCH3 is 1. The van der Waals surface area contributed by atoms with Crippen molar-refractivity contribution in [2.45, 2.75) is 38.6 Å². The zero-order valence-electron chi connectivity index (χ0n) is 15.3. The highest BCUT2D eigenvalue weighted by Gasteiger charge is 2.24. The molecule has 0 saturated carbocycles. The van der Waals surface area contributed by atoms with Gasteiger partial charge in [-0.25, -0.2) is 0 Å². The first-order valence-electron chi connectivity index (χ1n) is 8.64. The topological polar surface area (TPSA) is 40.2 Å². The Labute approximate surface area is 149 Å². The highest BCUT2D eigenvalue weighted by molar-refractivity contribution is 5.41. The van der Waals surface area contributed by atoms with Gasteiger partial charge in [-0.05, 0) is 42.3 Å². The van der Waals surface area contributed by atoms with Crippen LogP contribution in [0.4, 0.5) is 0 Å². The highest BCUT2D eigenvalue weighted by atomic mass is 16.7. The van der Waals surface area contributed by atoms with Crippen molar-refractivity contribution < 1.29 is 18.9 Å². The third-order valence-electron chi connectivity index (χ3n) is 4.62. The molecule has 0 aromatic heterocycles. The second kappa shape index (κ2) is 7.46. The summed E-state index contributed by atoms with van der Waals surface area (Å²) in [4.78, 5) is 0. The van der Waals surface area contributed by atoms with Crippen molar-refractivity contribution in [2.24, 2.45) is 0 Å². The third-order valence-corrected chi connectivity index (χ3v) is 4.62. The van der Waals surface area contributed by atoms with E-state index in [1.807, 2.05) is 31.2 Å². The highest BCUT2D eigenvalue weighted by Crippen LogP contribution is 2.33. The van der Waals surface area contributed by atoms with E-state index in [9.17, 15) is 0 Å². The average molecular weight is 342 g/mol. The molecule has 1 aliphatic heterocycles. The minimum atomic E-state index is -0.257. The van der Waals surface area contributed by atoms with E-state index in [0.29, 0.717) is 6.61 Å². The van der Waals surface area contributed by atoms with E-state index in [1.165, 1.54) is 11.1 Å². The van der Waals surface area contributed by atoms with Gasteiger partial charge in [0.15, 0.2) is 6.29 Å². The Morgan fingerprint density at radius 3 is 2.00 bits per heavy atom. The molecule has 1 heterocycles. The Morgan fingerprint density at radius 1 is 1.00 bits per heavy atom. The zero-order valence-corrected chi connectivity index (χ0v) is 15.3. The van der Waals surface area contributed by atoms with E-state index in [-0.39, 0.29) is 17.8 Å². The van der Waals surface area contributed by atoms with E-state index < -0.39 is 0 Å². The molecule has 0 radical (unpaired) electrons. The van der Waals surface area contributed by atoms with Crippen molar-refractivity contribution in [3.8, 4) is 11.5 Å². The van der Waals surface area contributed by atoms with Crippen LogP contribution in [-0.2, 0) is 14.9 Å². The van der Waals surface area contributed by atoms with E-state index in [1.54, 1.807) is 7.11 Å². The van der Waals surface area contributed by atoms with Crippen LogP contribution >= 0.6 is 0 Å². The Morgan fingerprint density at radius 2 is 1.52 bits per heavy atom. The Kier molecular flexibility index (Phi) is 5.30. The fourth-order valence-electron chi connectivity index (χ4n) is 2.68. The summed E-state index contributed by atoms with van der Waals surface area (Å²) in [5, 5.41) is 0. The molecule has 0 amide bonds. The summed E-state index contributed by atoms with van der Waals surface area (Å²) in [6.45, 7) is 7.75. The summed E-state index contributed by atoms with van der Waals surface area (Å²) in [6.07, 6.45) is 0.0186. The number of hydrogen-bond donors (Lipinski definition) is 0. The number of ether oxygens (including phenoxy) is 4. The van der Waals surface area contributed by atoms with Gasteiger partial charge in [-0.3, -0.25) is 0 Å². The van der Waals surface area contributed by atoms with Crippen LogP contribution in [-0.4, -0.2) is 32.7 Å². The normalized spacial score (nSPS) is 17.8. The summed E-state index contributed by atoms with van der Waals surface area (Å²) in [6, 6.07) is 16.5. The number of epoxide rings is 1. The first-order valence-corrected chi connectivity index (χ1v) is 8.64. The minimum absolute atomic E-state index is 0.108. The van der Waals surface area contributed by atoms with Crippen molar-refractivity contribution in [3.63, 3.8) is 0 Å². The first kappa shape index (κ1) is 17.8. The van der Waals surface area contributed by atoms with E-state index in [2.05, 4.69) is 38.1 Å². The summed E-state index contributed by atoms with van der Waals surface area (Å²) in [5.74, 6) is 1.69. The predicted molar refractivity (Wildman–Crippen MR) is 97.3 cm³/mol. The van der Waals surface area contributed by atoms with Crippen LogP contribution in [0, 0.1) is 0 Å². The van der Waals surface area contributed by atoms with Gasteiger partial charge >= 0.3 is 0 Å². The van der Waals surface area contributed by atoms with Crippen LogP contribution in [0.5, 0.6) is 11.5 Å². The molecule has 2 atom stereocenters. The second-order valence-electron chi connectivity index (χ2n) is 6.86. The van der Waals surface area contributed by atoms with Gasteiger partial charge in [0, 0.05) is 12.5 Å². The van der Waals surface area contributed by atoms with Gasteiger partial charge < -0.3 is 18.9 Å². The third kappa shape index (κ3) is 4.53. The SMILES string of the molecule is COC(C)Oc1ccc(C(C)(C)c2ccc(OCC3CO3)cc2)cc1. The van der Waals surface area contributed by atoms with Gasteiger partial charge in [0.25, 0.3) is 0 Å². The summed E-state index contributed by atoms with van der Waals surface area (Å²) in [7, 11) is 1.63. The molecule has 0 N–H and O–H groups in total. The molecule has 2 aromatic rings. The monoisotopic (exact) mass is 342 g/mol. The molecular weight excluding hydrogens is 316 g/mol. The molecule has 1 fully saturated rings. The van der Waals surface area contributed by atoms with Crippen LogP contribution in [0.2, 0.25) is 0 Å². The molecule has 134 valence electrons. The average Bonchev–Trinajstić information content (AvgIpc) is 3.45. The van der Waals surface area contributed by atoms with Crippen molar-refractivity contribution in [1.82, 2.24) is 0 Å². The van der Waals surface area contributed by atoms with Gasteiger partial charge in [0.05, 0.1) is 6.61 Å². The predicted octanol–water partition coefficient (Wildman–Crippen LogP) is 4.16. The summed E-state index contributed by atoms with van der Waals surface area (Å²) < 4.78 is 21.7. The summed E-state index contributed by atoms with van der Waals surface area (Å²) in [5.41, 5.74) is 2.36. The second-order valence-corrected chi connectivity index (χ2v) is 6.86. The Hall–Kier alpha value is -2.04. The van der Waals surface area contributed by atoms with Crippen LogP contribution in [0.15, 0.2) is 48.5 Å². The lowest BCUT2D eigenvalue weighted by Gasteiger charge is -2.26. The van der Waals surface area contributed by atoms with E-state index in [4.69, 9.17) is 18.9 Å². The standard InChI is InChI=1S/C21H26O4/c1-15(22-4)25-19-11-7-17(8-12-19)21(2,3)16-5-9-18(10-6-16)23-13-20-14-24-20/h5-12,15,20H,13-14H2,1-4H3. The molecule has 3 rings (SSSR count). The molecular formula is C21H26O4. The number of hydrogen-bond acceptors (Lipinski definition) is 4. The quantitative estimate of drug-likeness (QED) is 0.533. The van der Waals surface area contributed by atoms with Crippen molar-refractivity contribution in [1.29, 1.82) is 0 Å². The van der Waals surface area contributed by atoms with Gasteiger partial charge in [-0.2, -0.15) is 0 Å². The summed E-state index contributed by atoms with van der Waals surface area (Å²) >= 11 is 0. The fraction of sp³-hybridized carbons (Fsp3) is 0.429. The lowest BCUT2D eigenvalue weighted by atomic mass is 9.78. The molecule has 2 aromatic carbocycles.